The monoisotopic (exact) mass is 320 g/mol. The maximum absolute atomic E-state index is 10.3. The van der Waals surface area contributed by atoms with Crippen LogP contribution in [0.1, 0.15) is 71.1 Å². The first kappa shape index (κ1) is 21.2. The molecule has 0 heterocycles. The molecule has 0 aliphatic carbocycles. The average molecular weight is 320 g/mol. The molecule has 0 rings (SSSR count). The van der Waals surface area contributed by atoms with Crippen LogP contribution in [-0.2, 0) is 4.79 Å². The molecule has 0 aromatic heterocycles. The number of carbonyl (C=O) groups is 1. The van der Waals surface area contributed by atoms with E-state index in [1.165, 1.54) is 25.7 Å². The van der Waals surface area contributed by atoms with Crippen molar-refractivity contribution in [3.05, 3.63) is 48.3 Å². The standard InChI is InChI=1S/C20H32O3/c1-2-3-4-5-6-7-8-9-10-11-12-13-14-16-19(21)17-15-18-20(22)23/h6-7,9-10,13-14,16,21H,2-5,8,11-12,15,17-18H2,1H3,(H,22,23)/b7-6-,10-9-,14-13-,19-16+. The Kier molecular flexibility index (Phi) is 15.3. The van der Waals surface area contributed by atoms with E-state index in [4.69, 9.17) is 5.11 Å². The Bertz CT molecular complexity index is 403. The van der Waals surface area contributed by atoms with E-state index in [-0.39, 0.29) is 12.2 Å². The van der Waals surface area contributed by atoms with E-state index >= 15 is 0 Å². The number of aliphatic carboxylic acids is 1. The number of unbranched alkanes of at least 4 members (excludes halogenated alkanes) is 4. The van der Waals surface area contributed by atoms with E-state index in [0.29, 0.717) is 12.8 Å². The lowest BCUT2D eigenvalue weighted by Gasteiger charge is -1.96. The Morgan fingerprint density at radius 3 is 2.22 bits per heavy atom. The third kappa shape index (κ3) is 18.2. The fourth-order valence-electron chi connectivity index (χ4n) is 1.99. The molecular weight excluding hydrogens is 288 g/mol. The quantitative estimate of drug-likeness (QED) is 0.176. The summed E-state index contributed by atoms with van der Waals surface area (Å²) in [5, 5.41) is 18.0. The molecule has 0 unspecified atom stereocenters. The molecule has 0 atom stereocenters. The van der Waals surface area contributed by atoms with Gasteiger partial charge in [0, 0.05) is 12.8 Å². The van der Waals surface area contributed by atoms with Crippen LogP contribution in [0.25, 0.3) is 0 Å². The SMILES string of the molecule is CCCCC/C=C\C/C=C\CC/C=C\C=C(\O)CCCC(=O)O. The molecule has 0 saturated heterocycles. The summed E-state index contributed by atoms with van der Waals surface area (Å²) in [5.74, 6) is -0.581. The van der Waals surface area contributed by atoms with Gasteiger partial charge in [-0.15, -0.1) is 0 Å². The maximum atomic E-state index is 10.3. The molecule has 0 aromatic carbocycles. The number of aliphatic hydroxyl groups is 1. The molecule has 0 spiro atoms. The van der Waals surface area contributed by atoms with E-state index in [1.807, 2.05) is 12.2 Å². The number of carboxylic acids is 1. The first-order chi connectivity index (χ1) is 11.2. The van der Waals surface area contributed by atoms with Crippen molar-refractivity contribution in [2.45, 2.75) is 71.1 Å². The summed E-state index contributed by atoms with van der Waals surface area (Å²) in [6, 6.07) is 0. The van der Waals surface area contributed by atoms with Crippen molar-refractivity contribution < 1.29 is 15.0 Å². The Morgan fingerprint density at radius 2 is 1.52 bits per heavy atom. The highest BCUT2D eigenvalue weighted by Crippen LogP contribution is 2.05. The topological polar surface area (TPSA) is 57.5 Å². The van der Waals surface area contributed by atoms with Crippen LogP contribution in [-0.4, -0.2) is 16.2 Å². The summed E-state index contributed by atoms with van der Waals surface area (Å²) in [5.41, 5.74) is 0. The molecule has 0 radical (unpaired) electrons. The summed E-state index contributed by atoms with van der Waals surface area (Å²) in [6.45, 7) is 2.22. The zero-order chi connectivity index (χ0) is 17.2. The lowest BCUT2D eigenvalue weighted by molar-refractivity contribution is -0.137. The molecule has 0 aromatic rings. The van der Waals surface area contributed by atoms with Gasteiger partial charge in [0.25, 0.3) is 0 Å². The van der Waals surface area contributed by atoms with Gasteiger partial charge in [-0.25, -0.2) is 0 Å². The molecule has 23 heavy (non-hydrogen) atoms. The van der Waals surface area contributed by atoms with Crippen LogP contribution in [0.15, 0.2) is 48.3 Å². The minimum Gasteiger partial charge on any atom is -0.512 e. The highest BCUT2D eigenvalue weighted by Gasteiger charge is 1.97. The van der Waals surface area contributed by atoms with E-state index in [9.17, 15) is 9.90 Å². The van der Waals surface area contributed by atoms with Gasteiger partial charge in [0.2, 0.25) is 0 Å². The van der Waals surface area contributed by atoms with Crippen LogP contribution < -0.4 is 0 Å². The first-order valence-electron chi connectivity index (χ1n) is 8.73. The largest absolute Gasteiger partial charge is 0.512 e. The van der Waals surface area contributed by atoms with Crippen molar-refractivity contribution in [3.8, 4) is 0 Å². The number of allylic oxidation sites excluding steroid dienone is 8. The van der Waals surface area contributed by atoms with Gasteiger partial charge >= 0.3 is 5.97 Å². The summed E-state index contributed by atoms with van der Waals surface area (Å²) in [7, 11) is 0. The van der Waals surface area contributed by atoms with Crippen LogP contribution in [0.4, 0.5) is 0 Å². The molecule has 2 N–H and O–H groups in total. The fraction of sp³-hybridized carbons (Fsp3) is 0.550. The van der Waals surface area contributed by atoms with E-state index in [1.54, 1.807) is 6.08 Å². The number of aliphatic hydroxyl groups excluding tert-OH is 1. The second-order valence-electron chi connectivity index (χ2n) is 5.59. The second kappa shape index (κ2) is 16.6. The van der Waals surface area contributed by atoms with E-state index < -0.39 is 5.97 Å². The van der Waals surface area contributed by atoms with E-state index in [2.05, 4.69) is 31.2 Å². The molecule has 0 aliphatic rings. The zero-order valence-corrected chi connectivity index (χ0v) is 14.4. The Balaban J connectivity index is 3.58. The van der Waals surface area contributed by atoms with Crippen molar-refractivity contribution in [1.82, 2.24) is 0 Å². The van der Waals surface area contributed by atoms with Crippen molar-refractivity contribution >= 4 is 5.97 Å². The summed E-state index contributed by atoms with van der Waals surface area (Å²) in [4.78, 5) is 10.3. The second-order valence-corrected chi connectivity index (χ2v) is 5.59. The third-order valence-electron chi connectivity index (χ3n) is 3.33. The van der Waals surface area contributed by atoms with Gasteiger partial charge in [-0.05, 0) is 44.6 Å². The fourth-order valence-corrected chi connectivity index (χ4v) is 1.99. The van der Waals surface area contributed by atoms with Crippen LogP contribution in [0, 0.1) is 0 Å². The lowest BCUT2D eigenvalue weighted by atomic mass is 10.2. The zero-order valence-electron chi connectivity index (χ0n) is 14.4. The number of rotatable bonds is 14. The van der Waals surface area contributed by atoms with Crippen molar-refractivity contribution in [1.29, 1.82) is 0 Å². The van der Waals surface area contributed by atoms with Gasteiger partial charge in [-0.2, -0.15) is 0 Å². The normalized spacial score (nSPS) is 12.8. The molecule has 3 nitrogen and oxygen atoms in total. The summed E-state index contributed by atoms with van der Waals surface area (Å²) < 4.78 is 0. The van der Waals surface area contributed by atoms with Crippen LogP contribution in [0.2, 0.25) is 0 Å². The van der Waals surface area contributed by atoms with Crippen LogP contribution >= 0.6 is 0 Å². The minimum absolute atomic E-state index is 0.0967. The van der Waals surface area contributed by atoms with Gasteiger partial charge in [0.15, 0.2) is 0 Å². The van der Waals surface area contributed by atoms with Crippen molar-refractivity contribution in [2.75, 3.05) is 0 Å². The molecule has 3 heteroatoms. The Labute approximate surface area is 141 Å². The highest BCUT2D eigenvalue weighted by atomic mass is 16.4. The third-order valence-corrected chi connectivity index (χ3v) is 3.33. The lowest BCUT2D eigenvalue weighted by Crippen LogP contribution is -1.94. The Hall–Kier alpha value is -1.77. The molecule has 0 amide bonds. The predicted octanol–water partition coefficient (Wildman–Crippen LogP) is 6.10. The minimum atomic E-state index is -0.823. The average Bonchev–Trinajstić information content (AvgIpc) is 2.51. The number of carboxylic acid groups (broad SMARTS) is 1. The van der Waals surface area contributed by atoms with Gasteiger partial charge in [0.05, 0.1) is 5.76 Å². The van der Waals surface area contributed by atoms with E-state index in [0.717, 1.165) is 19.3 Å². The van der Waals surface area contributed by atoms with Crippen molar-refractivity contribution in [3.63, 3.8) is 0 Å². The molecule has 130 valence electrons. The number of hydrogen-bond acceptors (Lipinski definition) is 2. The molecule has 0 fully saturated rings. The summed E-state index contributed by atoms with van der Waals surface area (Å²) >= 11 is 0. The van der Waals surface area contributed by atoms with Gasteiger partial charge in [0.1, 0.15) is 0 Å². The van der Waals surface area contributed by atoms with Crippen LogP contribution in [0.5, 0.6) is 0 Å². The van der Waals surface area contributed by atoms with Gasteiger partial charge in [-0.1, -0.05) is 56.2 Å². The molecule has 0 saturated carbocycles. The molecule has 0 bridgehead atoms. The maximum Gasteiger partial charge on any atom is 0.303 e. The van der Waals surface area contributed by atoms with Crippen LogP contribution in [0.3, 0.4) is 0 Å². The number of hydrogen-bond donors (Lipinski definition) is 2. The van der Waals surface area contributed by atoms with Crippen molar-refractivity contribution in [2.24, 2.45) is 0 Å². The first-order valence-corrected chi connectivity index (χ1v) is 8.73. The molecular formula is C20H32O3. The molecule has 0 aliphatic heterocycles. The van der Waals surface area contributed by atoms with Gasteiger partial charge < -0.3 is 10.2 Å². The predicted molar refractivity (Wildman–Crippen MR) is 97.6 cm³/mol. The Morgan fingerprint density at radius 1 is 0.826 bits per heavy atom. The summed E-state index contributed by atoms with van der Waals surface area (Å²) in [6.07, 6.45) is 23.3. The smallest absolute Gasteiger partial charge is 0.303 e. The van der Waals surface area contributed by atoms with Gasteiger partial charge in [-0.3, -0.25) is 4.79 Å². The highest BCUT2D eigenvalue weighted by molar-refractivity contribution is 5.66.